The van der Waals surface area contributed by atoms with E-state index in [1.807, 2.05) is 0 Å². The Labute approximate surface area is 90.2 Å². The van der Waals surface area contributed by atoms with Crippen molar-refractivity contribution in [3.63, 3.8) is 0 Å². The van der Waals surface area contributed by atoms with Crippen molar-refractivity contribution in [3.05, 3.63) is 29.8 Å². The van der Waals surface area contributed by atoms with Crippen LogP contribution in [0.5, 0.6) is 0 Å². The lowest BCUT2D eigenvalue weighted by molar-refractivity contribution is 0.571. The van der Waals surface area contributed by atoms with Gasteiger partial charge in [0.25, 0.3) is 0 Å². The van der Waals surface area contributed by atoms with Gasteiger partial charge in [0.15, 0.2) is 9.84 Å². The second-order valence-electron chi connectivity index (χ2n) is 3.73. The molecule has 0 heterocycles. The second kappa shape index (κ2) is 4.20. The van der Waals surface area contributed by atoms with Crippen molar-refractivity contribution in [2.24, 2.45) is 5.73 Å². The monoisotopic (exact) mass is 228 g/mol. The molecule has 5 heteroatoms. The van der Waals surface area contributed by atoms with Gasteiger partial charge in [-0.15, -0.1) is 0 Å². The predicted molar refractivity (Wildman–Crippen MR) is 62.1 cm³/mol. The highest BCUT2D eigenvalue weighted by Crippen LogP contribution is 2.19. The molecular weight excluding hydrogens is 212 g/mol. The molecule has 0 aliphatic heterocycles. The van der Waals surface area contributed by atoms with Crippen LogP contribution in [0.2, 0.25) is 0 Å². The first-order valence-electron chi connectivity index (χ1n) is 4.62. The molecule has 0 unspecified atom stereocenters. The van der Waals surface area contributed by atoms with Crippen molar-refractivity contribution in [1.82, 2.24) is 0 Å². The van der Waals surface area contributed by atoms with E-state index in [1.54, 1.807) is 31.2 Å². The maximum Gasteiger partial charge on any atom is 0.151 e. The van der Waals surface area contributed by atoms with Crippen molar-refractivity contribution < 1.29 is 8.42 Å². The zero-order chi connectivity index (χ0) is 11.6. The number of nitrogens with two attached hydrogens (primary N) is 2. The van der Waals surface area contributed by atoms with Gasteiger partial charge in [-0.05, 0) is 24.6 Å². The van der Waals surface area contributed by atoms with Crippen LogP contribution in [0.3, 0.4) is 0 Å². The number of benzene rings is 1. The fourth-order valence-corrected chi connectivity index (χ4v) is 1.95. The normalized spacial score (nSPS) is 15.9. The second-order valence-corrected chi connectivity index (χ2v) is 6.13. The molecule has 4 N–H and O–H groups in total. The topological polar surface area (TPSA) is 86.2 Å². The smallest absolute Gasteiger partial charge is 0.151 e. The Morgan fingerprint density at radius 2 is 1.67 bits per heavy atom. The van der Waals surface area contributed by atoms with E-state index < -0.39 is 21.1 Å². The Hall–Kier alpha value is -1.07. The van der Waals surface area contributed by atoms with Crippen LogP contribution in [0.15, 0.2) is 24.3 Å². The number of hydrogen-bond acceptors (Lipinski definition) is 4. The number of sulfone groups is 1. The van der Waals surface area contributed by atoms with Crippen LogP contribution < -0.4 is 11.5 Å². The van der Waals surface area contributed by atoms with Gasteiger partial charge in [0.05, 0.1) is 5.25 Å². The largest absolute Gasteiger partial charge is 0.399 e. The van der Waals surface area contributed by atoms with Crippen molar-refractivity contribution in [1.29, 1.82) is 0 Å². The third-order valence-corrected chi connectivity index (χ3v) is 4.15. The molecular formula is C10H16N2O2S. The SMILES string of the molecule is C[C@@H]([C@@H](N)c1ccc(N)cc1)S(C)(=O)=O. The number of anilines is 1. The number of nitrogen functional groups attached to an aromatic ring is 1. The fourth-order valence-electron chi connectivity index (χ4n) is 1.26. The molecule has 0 spiro atoms. The Balaban J connectivity index is 2.95. The molecule has 0 aliphatic rings. The van der Waals surface area contributed by atoms with Crippen molar-refractivity contribution >= 4 is 15.5 Å². The first-order valence-corrected chi connectivity index (χ1v) is 6.57. The van der Waals surface area contributed by atoms with Crippen LogP contribution in [0.1, 0.15) is 18.5 Å². The zero-order valence-corrected chi connectivity index (χ0v) is 9.66. The van der Waals surface area contributed by atoms with Gasteiger partial charge in [-0.2, -0.15) is 0 Å². The Kier molecular flexibility index (Phi) is 3.36. The van der Waals surface area contributed by atoms with Gasteiger partial charge in [-0.1, -0.05) is 12.1 Å². The minimum absolute atomic E-state index is 0.513. The molecule has 0 saturated carbocycles. The molecule has 4 nitrogen and oxygen atoms in total. The molecule has 0 bridgehead atoms. The summed E-state index contributed by atoms with van der Waals surface area (Å²) < 4.78 is 22.6. The summed E-state index contributed by atoms with van der Waals surface area (Å²) in [6.07, 6.45) is 1.19. The van der Waals surface area contributed by atoms with E-state index in [1.165, 1.54) is 6.26 Å². The molecule has 0 amide bonds. The number of hydrogen-bond donors (Lipinski definition) is 2. The van der Waals surface area contributed by atoms with Crippen LogP contribution in [0.4, 0.5) is 5.69 Å². The molecule has 0 saturated heterocycles. The molecule has 15 heavy (non-hydrogen) atoms. The summed E-state index contributed by atoms with van der Waals surface area (Å²) in [4.78, 5) is 0. The van der Waals surface area contributed by atoms with E-state index in [4.69, 9.17) is 11.5 Å². The Bertz CT molecular complexity index is 425. The molecule has 0 aromatic heterocycles. The van der Waals surface area contributed by atoms with Crippen molar-refractivity contribution in [2.45, 2.75) is 18.2 Å². The van der Waals surface area contributed by atoms with E-state index >= 15 is 0 Å². The molecule has 1 aromatic carbocycles. The van der Waals surface area contributed by atoms with Gasteiger partial charge >= 0.3 is 0 Å². The average molecular weight is 228 g/mol. The zero-order valence-electron chi connectivity index (χ0n) is 8.84. The Morgan fingerprint density at radius 3 is 2.07 bits per heavy atom. The highest BCUT2D eigenvalue weighted by molar-refractivity contribution is 7.91. The Morgan fingerprint density at radius 1 is 1.20 bits per heavy atom. The summed E-state index contributed by atoms with van der Waals surface area (Å²) in [7, 11) is -3.12. The molecule has 84 valence electrons. The van der Waals surface area contributed by atoms with Gasteiger partial charge in [0, 0.05) is 18.0 Å². The minimum Gasteiger partial charge on any atom is -0.399 e. The van der Waals surface area contributed by atoms with Crippen molar-refractivity contribution in [2.75, 3.05) is 12.0 Å². The summed E-state index contributed by atoms with van der Waals surface area (Å²) in [5.74, 6) is 0. The third kappa shape index (κ3) is 2.94. The van der Waals surface area contributed by atoms with Gasteiger partial charge in [0.2, 0.25) is 0 Å². The quantitative estimate of drug-likeness (QED) is 0.746. The summed E-state index contributed by atoms with van der Waals surface area (Å²) >= 11 is 0. The molecule has 2 atom stereocenters. The predicted octanol–water partition coefficient (Wildman–Crippen LogP) is 0.702. The fraction of sp³-hybridized carbons (Fsp3) is 0.400. The van der Waals surface area contributed by atoms with Crippen LogP contribution >= 0.6 is 0 Å². The number of rotatable bonds is 3. The first-order chi connectivity index (χ1) is 6.82. The van der Waals surface area contributed by atoms with Crippen LogP contribution in [-0.2, 0) is 9.84 Å². The highest BCUT2D eigenvalue weighted by atomic mass is 32.2. The highest BCUT2D eigenvalue weighted by Gasteiger charge is 2.23. The van der Waals surface area contributed by atoms with Crippen LogP contribution in [0, 0.1) is 0 Å². The maximum atomic E-state index is 11.3. The van der Waals surface area contributed by atoms with E-state index in [-0.39, 0.29) is 0 Å². The van der Waals surface area contributed by atoms with Gasteiger partial charge in [-0.25, -0.2) is 8.42 Å². The van der Waals surface area contributed by atoms with Crippen LogP contribution in [0.25, 0.3) is 0 Å². The van der Waals surface area contributed by atoms with E-state index in [2.05, 4.69) is 0 Å². The molecule has 1 rings (SSSR count). The molecule has 1 aromatic rings. The lowest BCUT2D eigenvalue weighted by Crippen LogP contribution is -2.30. The lowest BCUT2D eigenvalue weighted by atomic mass is 10.1. The van der Waals surface area contributed by atoms with E-state index in [0.29, 0.717) is 5.69 Å². The molecule has 0 fully saturated rings. The van der Waals surface area contributed by atoms with Crippen molar-refractivity contribution in [3.8, 4) is 0 Å². The van der Waals surface area contributed by atoms with E-state index in [9.17, 15) is 8.42 Å². The summed E-state index contributed by atoms with van der Waals surface area (Å²) in [5, 5.41) is -0.596. The van der Waals surface area contributed by atoms with Gasteiger partial charge in [0.1, 0.15) is 0 Å². The minimum atomic E-state index is -3.12. The molecule has 0 aliphatic carbocycles. The summed E-state index contributed by atoms with van der Waals surface area (Å²) in [6, 6.07) is 6.41. The lowest BCUT2D eigenvalue weighted by Gasteiger charge is -2.18. The summed E-state index contributed by atoms with van der Waals surface area (Å²) in [6.45, 7) is 1.61. The summed E-state index contributed by atoms with van der Waals surface area (Å²) in [5.41, 5.74) is 12.8. The third-order valence-electron chi connectivity index (χ3n) is 2.50. The van der Waals surface area contributed by atoms with Gasteiger partial charge in [-0.3, -0.25) is 0 Å². The standard InChI is InChI=1S/C10H16N2O2S/c1-7(15(2,13)14)10(12)8-3-5-9(11)6-4-8/h3-7,10H,11-12H2,1-2H3/t7-,10+/m0/s1. The average Bonchev–Trinajstić information content (AvgIpc) is 2.15. The molecule has 0 radical (unpaired) electrons. The maximum absolute atomic E-state index is 11.3. The van der Waals surface area contributed by atoms with Gasteiger partial charge < -0.3 is 11.5 Å². The van der Waals surface area contributed by atoms with E-state index in [0.717, 1.165) is 5.56 Å². The van der Waals surface area contributed by atoms with Crippen LogP contribution in [-0.4, -0.2) is 19.9 Å². The first kappa shape index (κ1) is 12.0.